The van der Waals surface area contributed by atoms with Crippen molar-refractivity contribution < 1.29 is 15.1 Å². The van der Waals surface area contributed by atoms with Crippen molar-refractivity contribution in [2.45, 2.75) is 26.2 Å². The lowest BCUT2D eigenvalue weighted by atomic mass is 10.2. The van der Waals surface area contributed by atoms with Gasteiger partial charge >= 0.3 is 5.97 Å². The van der Waals surface area contributed by atoms with E-state index in [1.807, 2.05) is 12.3 Å². The lowest BCUT2D eigenvalue weighted by Crippen LogP contribution is -2.04. The Hall–Kier alpha value is -2.83. The second kappa shape index (κ2) is 5.51. The molecule has 1 aromatic carbocycles. The van der Waals surface area contributed by atoms with Gasteiger partial charge < -0.3 is 10.3 Å². The zero-order valence-electron chi connectivity index (χ0n) is 12.1. The van der Waals surface area contributed by atoms with Gasteiger partial charge in [0.2, 0.25) is 0 Å². The van der Waals surface area contributed by atoms with Crippen LogP contribution in [0.4, 0.5) is 0 Å². The van der Waals surface area contributed by atoms with E-state index in [1.54, 1.807) is 16.8 Å². The number of carboxylic acids is 1. The number of hydrogen-bond acceptors (Lipinski definition) is 4. The molecule has 0 amide bonds. The summed E-state index contributed by atoms with van der Waals surface area (Å²) < 4.78 is 2.29. The topological polar surface area (TPSA) is 93.2 Å². The third-order valence-electron chi connectivity index (χ3n) is 3.59. The first-order chi connectivity index (χ1) is 10.6. The van der Waals surface area contributed by atoms with Crippen LogP contribution in [-0.4, -0.2) is 36.0 Å². The molecular weight excluding hydrogens is 284 g/mol. The number of aromatic carboxylic acids is 1. The van der Waals surface area contributed by atoms with Crippen molar-refractivity contribution in [3.05, 3.63) is 41.9 Å². The number of aromatic nitrogens is 4. The number of benzene rings is 1. The Morgan fingerprint density at radius 3 is 2.91 bits per heavy atom. The summed E-state index contributed by atoms with van der Waals surface area (Å²) in [6.07, 6.45) is 4.81. The molecule has 22 heavy (non-hydrogen) atoms. The number of fused-ring (bicyclic) bond motifs is 1. The van der Waals surface area contributed by atoms with Gasteiger partial charge in [-0.2, -0.15) is 4.73 Å². The molecule has 0 saturated heterocycles. The molecule has 7 heteroatoms. The Labute approximate surface area is 126 Å². The summed E-state index contributed by atoms with van der Waals surface area (Å²) in [6, 6.07) is 6.64. The average molecular weight is 300 g/mol. The SMILES string of the molecule is CCCCc1cn(-c2cccc3c2cc(C(=O)O)n3O)nn1. The van der Waals surface area contributed by atoms with Crippen LogP contribution in [-0.2, 0) is 6.42 Å². The molecule has 0 bridgehead atoms. The molecular formula is C15H16N4O3. The van der Waals surface area contributed by atoms with Crippen LogP contribution >= 0.6 is 0 Å². The minimum atomic E-state index is -1.19. The maximum Gasteiger partial charge on any atom is 0.356 e. The monoisotopic (exact) mass is 300 g/mol. The predicted octanol–water partition coefficient (Wildman–Crippen LogP) is 2.50. The molecule has 2 heterocycles. The van der Waals surface area contributed by atoms with Crippen LogP contribution in [0.25, 0.3) is 16.6 Å². The second-order valence-electron chi connectivity index (χ2n) is 5.11. The highest BCUT2D eigenvalue weighted by molar-refractivity contribution is 5.97. The second-order valence-corrected chi connectivity index (χ2v) is 5.11. The van der Waals surface area contributed by atoms with Crippen molar-refractivity contribution in [3.63, 3.8) is 0 Å². The number of carboxylic acid groups (broad SMARTS) is 1. The van der Waals surface area contributed by atoms with E-state index in [1.165, 1.54) is 6.07 Å². The Bertz CT molecular complexity index is 835. The Morgan fingerprint density at radius 1 is 1.36 bits per heavy atom. The van der Waals surface area contributed by atoms with Gasteiger partial charge in [0.25, 0.3) is 0 Å². The fourth-order valence-electron chi connectivity index (χ4n) is 2.44. The number of hydrogen-bond donors (Lipinski definition) is 2. The molecule has 7 nitrogen and oxygen atoms in total. The minimum absolute atomic E-state index is 0.186. The van der Waals surface area contributed by atoms with E-state index in [9.17, 15) is 10.0 Å². The van der Waals surface area contributed by atoms with E-state index in [4.69, 9.17) is 5.11 Å². The Balaban J connectivity index is 2.09. The minimum Gasteiger partial charge on any atom is -0.476 e. The van der Waals surface area contributed by atoms with Crippen LogP contribution < -0.4 is 0 Å². The summed E-state index contributed by atoms with van der Waals surface area (Å²) in [4.78, 5) is 11.1. The Kier molecular flexibility index (Phi) is 3.54. The largest absolute Gasteiger partial charge is 0.476 e. The van der Waals surface area contributed by atoms with Crippen LogP contribution in [0.1, 0.15) is 35.9 Å². The number of aryl methyl sites for hydroxylation is 1. The quantitative estimate of drug-likeness (QED) is 0.706. The van der Waals surface area contributed by atoms with Crippen LogP contribution in [0.2, 0.25) is 0 Å². The average Bonchev–Trinajstić information content (AvgIpc) is 3.10. The summed E-state index contributed by atoms with van der Waals surface area (Å²) >= 11 is 0. The first-order valence-corrected chi connectivity index (χ1v) is 7.10. The van der Waals surface area contributed by atoms with E-state index >= 15 is 0 Å². The van der Waals surface area contributed by atoms with Crippen molar-refractivity contribution >= 4 is 16.9 Å². The van der Waals surface area contributed by atoms with Crippen LogP contribution in [0.5, 0.6) is 0 Å². The van der Waals surface area contributed by atoms with Crippen LogP contribution in [0.15, 0.2) is 30.5 Å². The van der Waals surface area contributed by atoms with E-state index in [0.717, 1.165) is 25.0 Å². The van der Waals surface area contributed by atoms with Gasteiger partial charge in [0.15, 0.2) is 5.69 Å². The molecule has 3 rings (SSSR count). The molecule has 2 N–H and O–H groups in total. The first kappa shape index (κ1) is 14.1. The fourth-order valence-corrected chi connectivity index (χ4v) is 2.44. The van der Waals surface area contributed by atoms with Gasteiger partial charge in [-0.1, -0.05) is 24.6 Å². The van der Waals surface area contributed by atoms with E-state index in [0.29, 0.717) is 21.3 Å². The molecule has 0 spiro atoms. The number of rotatable bonds is 5. The van der Waals surface area contributed by atoms with Gasteiger partial charge in [-0.15, -0.1) is 5.10 Å². The highest BCUT2D eigenvalue weighted by Crippen LogP contribution is 2.25. The van der Waals surface area contributed by atoms with Crippen LogP contribution in [0.3, 0.4) is 0 Å². The van der Waals surface area contributed by atoms with E-state index in [-0.39, 0.29) is 5.69 Å². The highest BCUT2D eigenvalue weighted by atomic mass is 16.5. The van der Waals surface area contributed by atoms with Crippen molar-refractivity contribution in [1.29, 1.82) is 0 Å². The lowest BCUT2D eigenvalue weighted by molar-refractivity contribution is 0.0649. The molecule has 0 radical (unpaired) electrons. The number of nitrogens with zero attached hydrogens (tertiary/aromatic N) is 4. The van der Waals surface area contributed by atoms with Gasteiger partial charge in [-0.25, -0.2) is 9.48 Å². The third-order valence-corrected chi connectivity index (χ3v) is 3.59. The first-order valence-electron chi connectivity index (χ1n) is 7.10. The number of carbonyl (C=O) groups is 1. The summed E-state index contributed by atoms with van der Waals surface area (Å²) in [6.45, 7) is 2.11. The molecule has 114 valence electrons. The molecule has 2 aromatic heterocycles. The van der Waals surface area contributed by atoms with Gasteiger partial charge in [-0.3, -0.25) is 0 Å². The number of unbranched alkanes of at least 4 members (excludes halogenated alkanes) is 1. The third kappa shape index (κ3) is 2.30. The summed E-state index contributed by atoms with van der Waals surface area (Å²) in [5, 5.41) is 27.9. The zero-order chi connectivity index (χ0) is 15.7. The smallest absolute Gasteiger partial charge is 0.356 e. The van der Waals surface area contributed by atoms with Gasteiger partial charge in [-0.05, 0) is 31.0 Å². The normalized spacial score (nSPS) is 11.1. The molecule has 3 aromatic rings. The molecule has 0 aliphatic heterocycles. The van der Waals surface area contributed by atoms with Crippen molar-refractivity contribution in [3.8, 4) is 5.69 Å². The molecule has 0 aliphatic rings. The molecule has 0 saturated carbocycles. The summed E-state index contributed by atoms with van der Waals surface area (Å²) in [7, 11) is 0. The van der Waals surface area contributed by atoms with Crippen molar-refractivity contribution in [2.75, 3.05) is 0 Å². The van der Waals surface area contributed by atoms with Gasteiger partial charge in [0, 0.05) is 5.39 Å². The van der Waals surface area contributed by atoms with Crippen LogP contribution in [0, 0.1) is 0 Å². The standard InChI is InChI=1S/C15H16N4O3/c1-2-3-5-10-9-18(17-16-10)12-6-4-7-13-11(12)8-14(15(20)21)19(13)22/h4,6-9,22H,2-3,5H2,1H3,(H,20,21). The maximum absolute atomic E-state index is 11.1. The molecule has 0 fully saturated rings. The highest BCUT2D eigenvalue weighted by Gasteiger charge is 2.17. The van der Waals surface area contributed by atoms with Crippen molar-refractivity contribution in [2.24, 2.45) is 0 Å². The van der Waals surface area contributed by atoms with Gasteiger partial charge in [0.05, 0.1) is 23.1 Å². The molecule has 0 aliphatic carbocycles. The maximum atomic E-state index is 11.1. The van der Waals surface area contributed by atoms with E-state index < -0.39 is 5.97 Å². The predicted molar refractivity (Wildman–Crippen MR) is 79.6 cm³/mol. The lowest BCUT2D eigenvalue weighted by Gasteiger charge is -2.02. The Morgan fingerprint density at radius 2 is 2.18 bits per heavy atom. The fraction of sp³-hybridized carbons (Fsp3) is 0.267. The summed E-state index contributed by atoms with van der Waals surface area (Å²) in [5.41, 5.74) is 1.80. The molecule has 0 unspecified atom stereocenters. The molecule has 0 atom stereocenters. The van der Waals surface area contributed by atoms with Crippen molar-refractivity contribution in [1.82, 2.24) is 19.7 Å². The zero-order valence-corrected chi connectivity index (χ0v) is 12.1. The van der Waals surface area contributed by atoms with E-state index in [2.05, 4.69) is 17.2 Å². The van der Waals surface area contributed by atoms with Gasteiger partial charge in [0.1, 0.15) is 0 Å². The summed E-state index contributed by atoms with van der Waals surface area (Å²) in [5.74, 6) is -1.19.